The number of amides is 1. The number of ether oxygens (including phenoxy) is 1. The van der Waals surface area contributed by atoms with Gasteiger partial charge in [0.15, 0.2) is 0 Å². The topological polar surface area (TPSA) is 56.6 Å². The Kier molecular flexibility index (Phi) is 4.75. The molecule has 23 heavy (non-hydrogen) atoms. The van der Waals surface area contributed by atoms with Crippen LogP contribution in [0.4, 0.5) is 0 Å². The molecule has 2 aromatic rings. The summed E-state index contributed by atoms with van der Waals surface area (Å²) in [6.07, 6.45) is 1.59. The van der Waals surface area contributed by atoms with E-state index in [9.17, 15) is 4.79 Å². The summed E-state index contributed by atoms with van der Waals surface area (Å²) < 4.78 is 7.05. The molecule has 0 fully saturated rings. The largest absolute Gasteiger partial charge is 0.497 e. The third-order valence-corrected chi connectivity index (χ3v) is 3.56. The van der Waals surface area contributed by atoms with Crippen LogP contribution in [0.3, 0.4) is 0 Å². The molecule has 1 heterocycles. The zero-order chi connectivity index (χ0) is 17.2. The molecule has 124 valence electrons. The number of carbonyl (C=O) groups is 1. The van der Waals surface area contributed by atoms with E-state index < -0.39 is 0 Å². The summed E-state index contributed by atoms with van der Waals surface area (Å²) in [7, 11) is 4.66. The Morgan fingerprint density at radius 2 is 1.78 bits per heavy atom. The maximum absolute atomic E-state index is 12.6. The number of rotatable bonds is 4. The van der Waals surface area contributed by atoms with Gasteiger partial charge in [0, 0.05) is 12.6 Å². The van der Waals surface area contributed by atoms with Crippen molar-refractivity contribution in [3.63, 3.8) is 0 Å². The minimum Gasteiger partial charge on any atom is -0.497 e. The zero-order valence-corrected chi connectivity index (χ0v) is 14.5. The van der Waals surface area contributed by atoms with Gasteiger partial charge in [-0.3, -0.25) is 14.3 Å². The van der Waals surface area contributed by atoms with Crippen molar-refractivity contribution in [1.29, 1.82) is 0 Å². The molecule has 0 aliphatic rings. The van der Waals surface area contributed by atoms with Gasteiger partial charge in [0.25, 0.3) is 5.91 Å². The van der Waals surface area contributed by atoms with Crippen molar-refractivity contribution in [1.82, 2.24) is 14.8 Å². The molecule has 1 aromatic heterocycles. The van der Waals surface area contributed by atoms with Gasteiger partial charge in [-0.25, -0.2) is 5.06 Å². The van der Waals surface area contributed by atoms with Crippen molar-refractivity contribution in [3.8, 4) is 17.0 Å². The van der Waals surface area contributed by atoms with E-state index in [-0.39, 0.29) is 11.4 Å². The average Bonchev–Trinajstić information content (AvgIpc) is 2.98. The SMILES string of the molecule is COc1ccc(-c2c(C(=O)N(C)OC)cnn2C(C)(C)C)cc1. The lowest BCUT2D eigenvalue weighted by Gasteiger charge is -2.23. The second-order valence-electron chi connectivity index (χ2n) is 6.20. The molecule has 0 aliphatic heterocycles. The average molecular weight is 317 g/mol. The molecule has 0 atom stereocenters. The van der Waals surface area contributed by atoms with Crippen LogP contribution in [0.15, 0.2) is 30.5 Å². The van der Waals surface area contributed by atoms with Crippen LogP contribution in [0.25, 0.3) is 11.3 Å². The number of aromatic nitrogens is 2. The van der Waals surface area contributed by atoms with Crippen LogP contribution in [0.5, 0.6) is 5.75 Å². The van der Waals surface area contributed by atoms with E-state index in [4.69, 9.17) is 9.57 Å². The first-order chi connectivity index (χ1) is 10.8. The molecule has 6 nitrogen and oxygen atoms in total. The number of carbonyl (C=O) groups excluding carboxylic acids is 1. The number of nitrogens with zero attached hydrogens (tertiary/aromatic N) is 3. The highest BCUT2D eigenvalue weighted by Gasteiger charge is 2.26. The van der Waals surface area contributed by atoms with Gasteiger partial charge in [0.1, 0.15) is 5.75 Å². The summed E-state index contributed by atoms with van der Waals surface area (Å²) in [6.45, 7) is 6.13. The van der Waals surface area contributed by atoms with Crippen molar-refractivity contribution in [2.75, 3.05) is 21.3 Å². The van der Waals surface area contributed by atoms with Crippen LogP contribution >= 0.6 is 0 Å². The molecule has 0 unspecified atom stereocenters. The number of methoxy groups -OCH3 is 1. The van der Waals surface area contributed by atoms with Gasteiger partial charge in [0.05, 0.1) is 37.2 Å². The molecule has 2 rings (SSSR count). The first kappa shape index (κ1) is 17.0. The highest BCUT2D eigenvalue weighted by atomic mass is 16.7. The molecule has 1 aromatic carbocycles. The molecule has 0 bridgehead atoms. The highest BCUT2D eigenvalue weighted by Crippen LogP contribution is 2.30. The lowest BCUT2D eigenvalue weighted by atomic mass is 10.0. The van der Waals surface area contributed by atoms with Crippen LogP contribution in [0, 0.1) is 0 Å². The molecule has 0 aliphatic carbocycles. The first-order valence-electron chi connectivity index (χ1n) is 7.34. The van der Waals surface area contributed by atoms with Gasteiger partial charge in [-0.05, 0) is 45.0 Å². The van der Waals surface area contributed by atoms with Gasteiger partial charge in [-0.1, -0.05) is 0 Å². The molecule has 6 heteroatoms. The van der Waals surface area contributed by atoms with E-state index in [0.29, 0.717) is 5.56 Å². The maximum atomic E-state index is 12.6. The van der Waals surface area contributed by atoms with Crippen molar-refractivity contribution in [2.24, 2.45) is 0 Å². The van der Waals surface area contributed by atoms with E-state index in [2.05, 4.69) is 5.10 Å². The molecular formula is C17H23N3O3. The summed E-state index contributed by atoms with van der Waals surface area (Å²) in [5.41, 5.74) is 1.88. The minimum absolute atomic E-state index is 0.242. The van der Waals surface area contributed by atoms with Crippen LogP contribution in [0.2, 0.25) is 0 Å². The fourth-order valence-electron chi connectivity index (χ4n) is 2.29. The van der Waals surface area contributed by atoms with Gasteiger partial charge >= 0.3 is 0 Å². The van der Waals surface area contributed by atoms with Gasteiger partial charge in [-0.15, -0.1) is 0 Å². The smallest absolute Gasteiger partial charge is 0.280 e. The monoisotopic (exact) mass is 317 g/mol. The fraction of sp³-hybridized carbons (Fsp3) is 0.412. The summed E-state index contributed by atoms with van der Waals surface area (Å²) in [5.74, 6) is 0.520. The zero-order valence-electron chi connectivity index (χ0n) is 14.5. The van der Waals surface area contributed by atoms with Crippen LogP contribution in [-0.2, 0) is 10.4 Å². The number of hydroxylamine groups is 2. The van der Waals surface area contributed by atoms with E-state index in [1.54, 1.807) is 20.4 Å². The normalized spacial score (nSPS) is 11.4. The van der Waals surface area contributed by atoms with E-state index in [1.165, 1.54) is 12.2 Å². The maximum Gasteiger partial charge on any atom is 0.280 e. The number of hydrogen-bond donors (Lipinski definition) is 0. The molecule has 0 saturated heterocycles. The predicted molar refractivity (Wildman–Crippen MR) is 88.3 cm³/mol. The summed E-state index contributed by atoms with van der Waals surface area (Å²) in [4.78, 5) is 17.6. The lowest BCUT2D eigenvalue weighted by molar-refractivity contribution is -0.0756. The fourth-order valence-corrected chi connectivity index (χ4v) is 2.29. The highest BCUT2D eigenvalue weighted by molar-refractivity contribution is 5.99. The summed E-state index contributed by atoms with van der Waals surface area (Å²) in [6, 6.07) is 7.57. The number of hydrogen-bond acceptors (Lipinski definition) is 4. The summed E-state index contributed by atoms with van der Waals surface area (Å²) in [5, 5.41) is 5.62. The first-order valence-corrected chi connectivity index (χ1v) is 7.34. The molecule has 1 amide bonds. The Morgan fingerprint density at radius 3 is 2.26 bits per heavy atom. The van der Waals surface area contributed by atoms with E-state index >= 15 is 0 Å². The van der Waals surface area contributed by atoms with Gasteiger partial charge in [0.2, 0.25) is 0 Å². The van der Waals surface area contributed by atoms with E-state index in [0.717, 1.165) is 17.0 Å². The second-order valence-corrected chi connectivity index (χ2v) is 6.20. The van der Waals surface area contributed by atoms with Crippen molar-refractivity contribution in [2.45, 2.75) is 26.3 Å². The second kappa shape index (κ2) is 6.42. The van der Waals surface area contributed by atoms with Gasteiger partial charge in [-0.2, -0.15) is 5.10 Å². The quantitative estimate of drug-likeness (QED) is 0.814. The van der Waals surface area contributed by atoms with Crippen molar-refractivity contribution >= 4 is 5.91 Å². The Labute approximate surface area is 136 Å². The Hall–Kier alpha value is -2.34. The molecule has 0 N–H and O–H groups in total. The number of benzene rings is 1. The van der Waals surface area contributed by atoms with Crippen LogP contribution < -0.4 is 4.74 Å². The van der Waals surface area contributed by atoms with E-state index in [1.807, 2.05) is 49.7 Å². The van der Waals surface area contributed by atoms with Crippen molar-refractivity contribution in [3.05, 3.63) is 36.0 Å². The lowest BCUT2D eigenvalue weighted by Crippen LogP contribution is -2.27. The molecule has 0 spiro atoms. The molecule has 0 radical (unpaired) electrons. The molecular weight excluding hydrogens is 294 g/mol. The van der Waals surface area contributed by atoms with Crippen molar-refractivity contribution < 1.29 is 14.4 Å². The molecule has 0 saturated carbocycles. The standard InChI is InChI=1S/C17H23N3O3/c1-17(2,3)20-15(12-7-9-13(22-5)10-8-12)14(11-18-20)16(21)19(4)23-6/h7-11H,1-6H3. The van der Waals surface area contributed by atoms with Crippen LogP contribution in [0.1, 0.15) is 31.1 Å². The minimum atomic E-state index is -0.264. The third kappa shape index (κ3) is 3.37. The van der Waals surface area contributed by atoms with Crippen LogP contribution in [-0.4, -0.2) is 42.0 Å². The Bertz CT molecular complexity index is 684. The predicted octanol–water partition coefficient (Wildman–Crippen LogP) is 2.95. The Balaban J connectivity index is 2.61. The Morgan fingerprint density at radius 1 is 1.17 bits per heavy atom. The third-order valence-electron chi connectivity index (χ3n) is 3.56. The van der Waals surface area contributed by atoms with Gasteiger partial charge < -0.3 is 4.74 Å². The summed E-state index contributed by atoms with van der Waals surface area (Å²) >= 11 is 0.